The molecule has 1 amide bonds. The number of halogens is 1. The standard InChI is InChI=1S/C36H37ClN6O3/c1-3-31(44)43-18-17-42(21-24(43)14-15-38)35-33-30(39-36(40-35)46-22-25-10-6-16-41(25)2)20-28(27-12-7-19-45-34(27)33)26-11-4-8-23-9-5-13-29(37)32(23)26/h3-5,8-9,11,13,20,24-25H,1,6-7,10,12,14,16-19,21-22H2,2H3. The van der Waals surface area contributed by atoms with Crippen molar-refractivity contribution in [3.05, 3.63) is 65.7 Å². The fourth-order valence-electron chi connectivity index (χ4n) is 7.24. The van der Waals surface area contributed by atoms with Crippen LogP contribution in [-0.4, -0.2) is 84.2 Å². The molecule has 0 radical (unpaired) electrons. The van der Waals surface area contributed by atoms with Crippen LogP contribution in [0.15, 0.2) is 55.1 Å². The molecule has 3 aliphatic heterocycles. The summed E-state index contributed by atoms with van der Waals surface area (Å²) in [6.07, 6.45) is 5.46. The van der Waals surface area contributed by atoms with Gasteiger partial charge in [-0.2, -0.15) is 15.2 Å². The molecule has 4 heterocycles. The van der Waals surface area contributed by atoms with Gasteiger partial charge in [-0.15, -0.1) is 0 Å². The summed E-state index contributed by atoms with van der Waals surface area (Å²) in [6, 6.07) is 16.9. The van der Waals surface area contributed by atoms with E-state index in [2.05, 4.69) is 59.8 Å². The van der Waals surface area contributed by atoms with Crippen molar-refractivity contribution in [2.45, 2.75) is 44.2 Å². The quantitative estimate of drug-likeness (QED) is 0.227. The number of likely N-dealkylation sites (N-methyl/N-ethyl adjacent to an activating group) is 1. The first-order valence-electron chi connectivity index (χ1n) is 16.0. The third-order valence-corrected chi connectivity index (χ3v) is 9.92. The fourth-order valence-corrected chi connectivity index (χ4v) is 7.53. The zero-order chi connectivity index (χ0) is 31.8. The maximum Gasteiger partial charge on any atom is 0.319 e. The molecule has 0 saturated carbocycles. The number of likely N-dealkylation sites (tertiary alicyclic amines) is 1. The molecule has 0 spiro atoms. The minimum Gasteiger partial charge on any atom is -0.492 e. The smallest absolute Gasteiger partial charge is 0.319 e. The number of hydrogen-bond donors (Lipinski definition) is 0. The highest BCUT2D eigenvalue weighted by Gasteiger charge is 2.33. The Hall–Kier alpha value is -4.39. The van der Waals surface area contributed by atoms with Crippen LogP contribution in [0.1, 0.15) is 31.2 Å². The predicted molar refractivity (Wildman–Crippen MR) is 181 cm³/mol. The molecular weight excluding hydrogens is 600 g/mol. The van der Waals surface area contributed by atoms with E-state index in [0.717, 1.165) is 76.3 Å². The Morgan fingerprint density at radius 2 is 1.98 bits per heavy atom. The van der Waals surface area contributed by atoms with Gasteiger partial charge >= 0.3 is 6.01 Å². The number of rotatable bonds is 7. The molecular formula is C36H37ClN6O3. The molecule has 10 heteroatoms. The molecule has 1 aromatic heterocycles. The number of hydrogen-bond acceptors (Lipinski definition) is 8. The Morgan fingerprint density at radius 1 is 1.13 bits per heavy atom. The summed E-state index contributed by atoms with van der Waals surface area (Å²) in [6.45, 7) is 7.23. The van der Waals surface area contributed by atoms with Crippen LogP contribution in [0, 0.1) is 11.3 Å². The van der Waals surface area contributed by atoms with Crippen molar-refractivity contribution in [3.8, 4) is 29.0 Å². The molecule has 2 fully saturated rings. The van der Waals surface area contributed by atoms with Crippen molar-refractivity contribution < 1.29 is 14.3 Å². The van der Waals surface area contributed by atoms with Crippen molar-refractivity contribution in [1.29, 1.82) is 5.26 Å². The molecule has 0 aliphatic carbocycles. The van der Waals surface area contributed by atoms with Crippen LogP contribution in [0.2, 0.25) is 5.02 Å². The summed E-state index contributed by atoms with van der Waals surface area (Å²) < 4.78 is 12.8. The highest BCUT2D eigenvalue weighted by atomic mass is 35.5. The van der Waals surface area contributed by atoms with E-state index < -0.39 is 0 Å². The van der Waals surface area contributed by atoms with Crippen LogP contribution in [0.5, 0.6) is 11.8 Å². The van der Waals surface area contributed by atoms with Gasteiger partial charge in [-0.3, -0.25) is 4.79 Å². The van der Waals surface area contributed by atoms with E-state index >= 15 is 0 Å². The Balaban J connectivity index is 1.40. The molecule has 2 saturated heterocycles. The van der Waals surface area contributed by atoms with Crippen molar-refractivity contribution in [2.75, 3.05) is 51.3 Å². The van der Waals surface area contributed by atoms with E-state index in [1.807, 2.05) is 12.1 Å². The number of carbonyl (C=O) groups is 1. The number of amides is 1. The molecule has 7 rings (SSSR count). The minimum atomic E-state index is -0.306. The van der Waals surface area contributed by atoms with Crippen molar-refractivity contribution in [3.63, 3.8) is 0 Å². The number of benzene rings is 3. The SMILES string of the molecule is C=CC(=O)N1CCN(c2nc(OCC3CCCN3C)nc3cc(-c4cccc5cccc(Cl)c45)c4c(c23)OCCC4)CC1CC#N. The number of anilines is 1. The lowest BCUT2D eigenvalue weighted by Gasteiger charge is -2.41. The molecule has 236 valence electrons. The number of fused-ring (bicyclic) bond motifs is 4. The lowest BCUT2D eigenvalue weighted by molar-refractivity contribution is -0.128. The van der Waals surface area contributed by atoms with E-state index in [4.69, 9.17) is 31.0 Å². The maximum atomic E-state index is 12.7. The highest BCUT2D eigenvalue weighted by molar-refractivity contribution is 6.36. The first-order chi connectivity index (χ1) is 22.5. The third-order valence-electron chi connectivity index (χ3n) is 9.61. The molecule has 2 unspecified atom stereocenters. The van der Waals surface area contributed by atoms with Gasteiger partial charge in [-0.25, -0.2) is 0 Å². The fraction of sp³-hybridized carbons (Fsp3) is 0.389. The zero-order valence-electron chi connectivity index (χ0n) is 26.0. The number of piperazine rings is 1. The summed E-state index contributed by atoms with van der Waals surface area (Å²) in [5, 5.41) is 13.2. The van der Waals surface area contributed by atoms with Crippen LogP contribution >= 0.6 is 11.6 Å². The van der Waals surface area contributed by atoms with Gasteiger partial charge in [0.2, 0.25) is 5.91 Å². The van der Waals surface area contributed by atoms with Gasteiger partial charge in [-0.05, 0) is 74.0 Å². The number of nitrogens with zero attached hydrogens (tertiary/aromatic N) is 6. The van der Waals surface area contributed by atoms with E-state index in [-0.39, 0.29) is 18.4 Å². The molecule has 2 atom stereocenters. The van der Waals surface area contributed by atoms with E-state index in [1.165, 1.54) is 6.08 Å². The number of nitriles is 1. The van der Waals surface area contributed by atoms with Crippen molar-refractivity contribution in [1.82, 2.24) is 19.8 Å². The summed E-state index contributed by atoms with van der Waals surface area (Å²) in [5.41, 5.74) is 3.90. The average Bonchev–Trinajstić information content (AvgIpc) is 3.50. The van der Waals surface area contributed by atoms with E-state index in [9.17, 15) is 10.1 Å². The van der Waals surface area contributed by atoms with Gasteiger partial charge in [0.15, 0.2) is 0 Å². The Morgan fingerprint density at radius 3 is 2.76 bits per heavy atom. The van der Waals surface area contributed by atoms with Crippen LogP contribution in [0.25, 0.3) is 32.8 Å². The molecule has 9 nitrogen and oxygen atoms in total. The normalized spacial score (nSPS) is 19.9. The molecule has 3 aliphatic rings. The number of carbonyl (C=O) groups excluding carboxylic acids is 1. The lowest BCUT2D eigenvalue weighted by Crippen LogP contribution is -2.55. The Labute approximate surface area is 274 Å². The van der Waals surface area contributed by atoms with E-state index in [1.54, 1.807) is 4.90 Å². The Bertz CT molecular complexity index is 1870. The first-order valence-corrected chi connectivity index (χ1v) is 16.4. The van der Waals surface area contributed by atoms with Crippen LogP contribution in [-0.2, 0) is 11.2 Å². The second-order valence-corrected chi connectivity index (χ2v) is 12.7. The summed E-state index contributed by atoms with van der Waals surface area (Å²) in [7, 11) is 2.12. The average molecular weight is 637 g/mol. The van der Waals surface area contributed by atoms with Gasteiger partial charge in [0, 0.05) is 41.6 Å². The lowest BCUT2D eigenvalue weighted by atomic mass is 9.89. The van der Waals surface area contributed by atoms with Gasteiger partial charge in [0.05, 0.1) is 36.0 Å². The monoisotopic (exact) mass is 636 g/mol. The van der Waals surface area contributed by atoms with Crippen LogP contribution in [0.3, 0.4) is 0 Å². The number of ether oxygens (including phenoxy) is 2. The second kappa shape index (κ2) is 12.8. The molecule has 4 aromatic rings. The summed E-state index contributed by atoms with van der Waals surface area (Å²) in [5.74, 6) is 1.31. The molecule has 3 aromatic carbocycles. The zero-order valence-corrected chi connectivity index (χ0v) is 26.8. The molecule has 0 N–H and O–H groups in total. The van der Waals surface area contributed by atoms with E-state index in [0.29, 0.717) is 55.7 Å². The highest BCUT2D eigenvalue weighted by Crippen LogP contribution is 2.46. The third kappa shape index (κ3) is 5.50. The van der Waals surface area contributed by atoms with Crippen molar-refractivity contribution >= 4 is 45.0 Å². The second-order valence-electron chi connectivity index (χ2n) is 12.3. The van der Waals surface area contributed by atoms with Gasteiger partial charge in [0.25, 0.3) is 0 Å². The minimum absolute atomic E-state index is 0.170. The van der Waals surface area contributed by atoms with Crippen molar-refractivity contribution in [2.24, 2.45) is 0 Å². The Kier molecular flexibility index (Phi) is 8.41. The maximum absolute atomic E-state index is 12.7. The van der Waals surface area contributed by atoms with Gasteiger partial charge < -0.3 is 24.2 Å². The first kappa shape index (κ1) is 30.3. The molecule has 46 heavy (non-hydrogen) atoms. The van der Waals surface area contributed by atoms with Crippen LogP contribution in [0.4, 0.5) is 5.82 Å². The largest absolute Gasteiger partial charge is 0.492 e. The summed E-state index contributed by atoms with van der Waals surface area (Å²) in [4.78, 5) is 28.9. The summed E-state index contributed by atoms with van der Waals surface area (Å²) >= 11 is 6.82. The van der Waals surface area contributed by atoms with Gasteiger partial charge in [-0.1, -0.05) is 48.5 Å². The van der Waals surface area contributed by atoms with Crippen LogP contribution < -0.4 is 14.4 Å². The predicted octanol–water partition coefficient (Wildman–Crippen LogP) is 6.02. The topological polar surface area (TPSA) is 94.8 Å². The van der Waals surface area contributed by atoms with Gasteiger partial charge in [0.1, 0.15) is 18.2 Å². The number of aromatic nitrogens is 2. The molecule has 0 bridgehead atoms.